The lowest BCUT2D eigenvalue weighted by Gasteiger charge is -2.18. The van der Waals surface area contributed by atoms with E-state index in [1.807, 2.05) is 29.6 Å². The van der Waals surface area contributed by atoms with Gasteiger partial charge in [0.1, 0.15) is 6.33 Å². The maximum atomic E-state index is 12.3. The summed E-state index contributed by atoms with van der Waals surface area (Å²) in [7, 11) is 1.79. The predicted octanol–water partition coefficient (Wildman–Crippen LogP) is 3.20. The Bertz CT molecular complexity index is 777. The molecule has 2 aromatic heterocycles. The molecule has 6 heteroatoms. The summed E-state index contributed by atoms with van der Waals surface area (Å²) in [5.41, 5.74) is 5.80. The normalized spacial score (nSPS) is 10.8. The number of nitrogens with zero attached hydrogens (tertiary/aromatic N) is 3. The second-order valence-electron chi connectivity index (χ2n) is 4.90. The summed E-state index contributed by atoms with van der Waals surface area (Å²) in [5, 5.41) is 2.04. The van der Waals surface area contributed by atoms with Crippen LogP contribution in [0.1, 0.15) is 10.4 Å². The van der Waals surface area contributed by atoms with Crippen molar-refractivity contribution in [3.63, 3.8) is 0 Å². The highest BCUT2D eigenvalue weighted by molar-refractivity contribution is 7.10. The van der Waals surface area contributed by atoms with Crippen LogP contribution in [0.2, 0.25) is 0 Å². The third-order valence-electron chi connectivity index (χ3n) is 3.37. The number of imidazole rings is 1. The molecule has 0 fully saturated rings. The summed E-state index contributed by atoms with van der Waals surface area (Å²) in [6.07, 6.45) is 1.62. The number of rotatable bonds is 3. The molecule has 0 saturated carbocycles. The zero-order valence-electron chi connectivity index (χ0n) is 11.9. The third-order valence-corrected chi connectivity index (χ3v) is 4.37. The van der Waals surface area contributed by atoms with Crippen molar-refractivity contribution in [3.8, 4) is 0 Å². The number of thiophene rings is 1. The average Bonchev–Trinajstić information content (AvgIpc) is 3.07. The van der Waals surface area contributed by atoms with Gasteiger partial charge in [-0.05, 0) is 36.1 Å². The number of nitrogens with one attached hydrogen (secondary N) is 1. The fourth-order valence-electron chi connectivity index (χ4n) is 2.09. The molecule has 1 aromatic carbocycles. The van der Waals surface area contributed by atoms with Gasteiger partial charge in [-0.2, -0.15) is 0 Å². The van der Waals surface area contributed by atoms with E-state index in [2.05, 4.69) is 23.4 Å². The maximum Gasteiger partial charge on any atom is 0.336 e. The molecular formula is C15H16N4OS. The largest absolute Gasteiger partial charge is 0.336 e. The standard InChI is InChI=1S/C15H16N4OS/c1-11-7-8-21-14(11)9-18(2)15(20)17-19-10-16-12-5-3-4-6-13(12)19/h3-8,10H,9H2,1-2H3,(H,17,20). The molecule has 0 aliphatic heterocycles. The first-order valence-electron chi connectivity index (χ1n) is 6.62. The van der Waals surface area contributed by atoms with Crippen LogP contribution >= 0.6 is 11.3 Å². The van der Waals surface area contributed by atoms with E-state index in [4.69, 9.17) is 0 Å². The Morgan fingerprint density at radius 3 is 2.95 bits per heavy atom. The highest BCUT2D eigenvalue weighted by atomic mass is 32.1. The Labute approximate surface area is 126 Å². The fourth-order valence-corrected chi connectivity index (χ4v) is 3.05. The summed E-state index contributed by atoms with van der Waals surface area (Å²) < 4.78 is 1.65. The molecular weight excluding hydrogens is 284 g/mol. The SMILES string of the molecule is Cc1ccsc1CN(C)C(=O)Nn1cnc2ccccc21. The van der Waals surface area contributed by atoms with Crippen LogP contribution in [0.4, 0.5) is 4.79 Å². The smallest absolute Gasteiger partial charge is 0.321 e. The summed E-state index contributed by atoms with van der Waals surface area (Å²) in [4.78, 5) is 19.4. The Balaban J connectivity index is 1.72. The lowest BCUT2D eigenvalue weighted by atomic mass is 10.3. The van der Waals surface area contributed by atoms with Crippen LogP contribution in [0.3, 0.4) is 0 Å². The van der Waals surface area contributed by atoms with E-state index < -0.39 is 0 Å². The molecule has 5 nitrogen and oxygen atoms in total. The van der Waals surface area contributed by atoms with E-state index >= 15 is 0 Å². The summed E-state index contributed by atoms with van der Waals surface area (Å²) in [6.45, 7) is 2.66. The zero-order chi connectivity index (χ0) is 14.8. The number of carbonyl (C=O) groups is 1. The molecule has 3 aromatic rings. The van der Waals surface area contributed by atoms with Gasteiger partial charge in [0, 0.05) is 11.9 Å². The number of aryl methyl sites for hydroxylation is 1. The first kappa shape index (κ1) is 13.6. The number of para-hydroxylation sites is 2. The van der Waals surface area contributed by atoms with Gasteiger partial charge in [-0.25, -0.2) is 19.9 Å². The molecule has 0 atom stereocenters. The van der Waals surface area contributed by atoms with E-state index in [1.54, 1.807) is 34.3 Å². The van der Waals surface area contributed by atoms with Gasteiger partial charge in [0.15, 0.2) is 0 Å². The lowest BCUT2D eigenvalue weighted by molar-refractivity contribution is 0.218. The molecule has 1 N–H and O–H groups in total. The van der Waals surface area contributed by atoms with Gasteiger partial charge in [-0.1, -0.05) is 12.1 Å². The van der Waals surface area contributed by atoms with E-state index in [0.717, 1.165) is 11.0 Å². The van der Waals surface area contributed by atoms with Crippen molar-refractivity contribution >= 4 is 28.4 Å². The molecule has 3 rings (SSSR count). The van der Waals surface area contributed by atoms with Crippen molar-refractivity contribution in [1.82, 2.24) is 14.6 Å². The van der Waals surface area contributed by atoms with Gasteiger partial charge in [0.05, 0.1) is 17.6 Å². The highest BCUT2D eigenvalue weighted by Gasteiger charge is 2.12. The van der Waals surface area contributed by atoms with E-state index in [-0.39, 0.29) is 6.03 Å². The Kier molecular flexibility index (Phi) is 3.62. The summed E-state index contributed by atoms with van der Waals surface area (Å²) in [6, 6.07) is 9.59. The number of carbonyl (C=O) groups excluding carboxylic acids is 1. The van der Waals surface area contributed by atoms with Gasteiger partial charge >= 0.3 is 6.03 Å². The zero-order valence-corrected chi connectivity index (χ0v) is 12.7. The molecule has 0 radical (unpaired) electrons. The van der Waals surface area contributed by atoms with E-state index in [1.165, 1.54) is 10.4 Å². The molecule has 0 spiro atoms. The molecule has 0 aliphatic carbocycles. The minimum atomic E-state index is -0.161. The number of urea groups is 1. The van der Waals surface area contributed by atoms with Crippen molar-refractivity contribution < 1.29 is 4.79 Å². The first-order chi connectivity index (χ1) is 10.1. The van der Waals surface area contributed by atoms with E-state index in [9.17, 15) is 4.79 Å². The lowest BCUT2D eigenvalue weighted by Crippen LogP contribution is -2.35. The molecule has 21 heavy (non-hydrogen) atoms. The second-order valence-corrected chi connectivity index (χ2v) is 5.90. The number of hydrogen-bond donors (Lipinski definition) is 1. The van der Waals surface area contributed by atoms with Crippen LogP contribution in [0.25, 0.3) is 11.0 Å². The van der Waals surface area contributed by atoms with Crippen LogP contribution in [-0.2, 0) is 6.54 Å². The Morgan fingerprint density at radius 2 is 2.19 bits per heavy atom. The molecule has 108 valence electrons. The van der Waals surface area contributed by atoms with E-state index in [0.29, 0.717) is 6.54 Å². The van der Waals surface area contributed by atoms with Crippen LogP contribution in [0.5, 0.6) is 0 Å². The number of amides is 2. The maximum absolute atomic E-state index is 12.3. The predicted molar refractivity (Wildman–Crippen MR) is 85.0 cm³/mol. The van der Waals surface area contributed by atoms with Gasteiger partial charge in [-0.15, -0.1) is 11.3 Å². The number of fused-ring (bicyclic) bond motifs is 1. The molecule has 0 unspecified atom stereocenters. The van der Waals surface area contributed by atoms with Crippen molar-refractivity contribution in [1.29, 1.82) is 0 Å². The summed E-state index contributed by atoms with van der Waals surface area (Å²) in [5.74, 6) is 0. The Morgan fingerprint density at radius 1 is 1.38 bits per heavy atom. The van der Waals surface area contributed by atoms with Crippen LogP contribution in [0, 0.1) is 6.92 Å². The molecule has 0 saturated heterocycles. The van der Waals surface area contributed by atoms with Crippen LogP contribution < -0.4 is 5.43 Å². The van der Waals surface area contributed by atoms with Crippen molar-refractivity contribution in [2.45, 2.75) is 13.5 Å². The minimum Gasteiger partial charge on any atom is -0.321 e. The van der Waals surface area contributed by atoms with Gasteiger partial charge in [0.2, 0.25) is 0 Å². The topological polar surface area (TPSA) is 50.2 Å². The average molecular weight is 300 g/mol. The number of benzene rings is 1. The van der Waals surface area contributed by atoms with Gasteiger partial charge in [-0.3, -0.25) is 0 Å². The number of aromatic nitrogens is 2. The van der Waals surface area contributed by atoms with Crippen LogP contribution in [0.15, 0.2) is 42.0 Å². The van der Waals surface area contributed by atoms with Crippen molar-refractivity contribution in [2.24, 2.45) is 0 Å². The van der Waals surface area contributed by atoms with Crippen LogP contribution in [-0.4, -0.2) is 27.6 Å². The highest BCUT2D eigenvalue weighted by Crippen LogP contribution is 2.17. The van der Waals surface area contributed by atoms with Crippen molar-refractivity contribution in [3.05, 3.63) is 52.5 Å². The third kappa shape index (κ3) is 2.75. The summed E-state index contributed by atoms with van der Waals surface area (Å²) >= 11 is 1.66. The first-order valence-corrected chi connectivity index (χ1v) is 7.50. The minimum absolute atomic E-state index is 0.161. The van der Waals surface area contributed by atoms with Gasteiger partial charge < -0.3 is 4.90 Å². The second kappa shape index (κ2) is 5.57. The quantitative estimate of drug-likeness (QED) is 0.807. The van der Waals surface area contributed by atoms with Gasteiger partial charge in [0.25, 0.3) is 0 Å². The molecule has 2 heterocycles. The van der Waals surface area contributed by atoms with Crippen molar-refractivity contribution in [2.75, 3.05) is 12.5 Å². The molecule has 0 bridgehead atoms. The Hall–Kier alpha value is -2.34. The monoisotopic (exact) mass is 300 g/mol. The number of hydrogen-bond acceptors (Lipinski definition) is 3. The molecule has 2 amide bonds. The fraction of sp³-hybridized carbons (Fsp3) is 0.200. The molecule has 0 aliphatic rings.